The van der Waals surface area contributed by atoms with Gasteiger partial charge in [0.2, 0.25) is 0 Å². The van der Waals surface area contributed by atoms with Crippen molar-refractivity contribution >= 4 is 23.0 Å². The first-order valence-electron chi connectivity index (χ1n) is 7.62. The minimum Gasteiger partial charge on any atom is -0.362 e. The Labute approximate surface area is 140 Å². The van der Waals surface area contributed by atoms with Crippen molar-refractivity contribution in [1.82, 2.24) is 5.32 Å². The molecule has 1 atom stereocenters. The van der Waals surface area contributed by atoms with Crippen molar-refractivity contribution < 1.29 is 8.78 Å². The van der Waals surface area contributed by atoms with Gasteiger partial charge in [0.1, 0.15) is 0 Å². The van der Waals surface area contributed by atoms with Crippen molar-refractivity contribution in [2.75, 3.05) is 11.9 Å². The van der Waals surface area contributed by atoms with E-state index in [0.29, 0.717) is 16.7 Å². The van der Waals surface area contributed by atoms with Gasteiger partial charge in [-0.05, 0) is 42.3 Å². The van der Waals surface area contributed by atoms with Crippen molar-refractivity contribution in [1.29, 1.82) is 0 Å². The number of anilines is 1. The number of hydrogen-bond acceptors (Lipinski definition) is 1. The van der Waals surface area contributed by atoms with E-state index in [2.05, 4.69) is 29.7 Å². The molecule has 23 heavy (non-hydrogen) atoms. The van der Waals surface area contributed by atoms with Crippen LogP contribution in [0.3, 0.4) is 0 Å². The normalized spacial score (nSPS) is 11.8. The van der Waals surface area contributed by atoms with Gasteiger partial charge in [-0.3, -0.25) is 0 Å². The second-order valence-electron chi connectivity index (χ2n) is 5.43. The maximum Gasteiger partial charge on any atom is 0.170 e. The maximum absolute atomic E-state index is 13.2. The summed E-state index contributed by atoms with van der Waals surface area (Å²) in [6.45, 7) is 2.86. The summed E-state index contributed by atoms with van der Waals surface area (Å²) >= 11 is 5.20. The molecule has 5 heteroatoms. The molecule has 2 nitrogen and oxygen atoms in total. The Bertz CT molecular complexity index is 647. The Kier molecular flexibility index (Phi) is 6.47. The van der Waals surface area contributed by atoms with Gasteiger partial charge >= 0.3 is 0 Å². The summed E-state index contributed by atoms with van der Waals surface area (Å²) in [7, 11) is 0. The van der Waals surface area contributed by atoms with E-state index in [1.807, 2.05) is 18.2 Å². The quantitative estimate of drug-likeness (QED) is 0.760. The van der Waals surface area contributed by atoms with E-state index in [9.17, 15) is 8.78 Å². The predicted molar refractivity (Wildman–Crippen MR) is 94.5 cm³/mol. The lowest BCUT2D eigenvalue weighted by molar-refractivity contribution is 0.498. The van der Waals surface area contributed by atoms with Crippen LogP contribution >= 0.6 is 12.2 Å². The van der Waals surface area contributed by atoms with Crippen LogP contribution in [0.5, 0.6) is 0 Å². The Morgan fingerprint density at radius 1 is 1.09 bits per heavy atom. The zero-order valence-corrected chi connectivity index (χ0v) is 13.8. The zero-order chi connectivity index (χ0) is 16.7. The standard InChI is InChI=1S/C18H20F2N2S/c1-2-13(10-14-6-4-3-5-7-14)12-21-18(23)22-15-8-9-16(19)17(20)11-15/h3-9,11,13H,2,10,12H2,1H3,(H2,21,22,23). The molecular weight excluding hydrogens is 314 g/mol. The second kappa shape index (κ2) is 8.58. The largest absolute Gasteiger partial charge is 0.362 e. The third-order valence-electron chi connectivity index (χ3n) is 3.67. The fourth-order valence-electron chi connectivity index (χ4n) is 2.29. The molecule has 0 aliphatic heterocycles. The third kappa shape index (κ3) is 5.60. The highest BCUT2D eigenvalue weighted by Gasteiger charge is 2.09. The monoisotopic (exact) mass is 334 g/mol. The molecular formula is C18H20F2N2S. The van der Waals surface area contributed by atoms with Gasteiger partial charge in [-0.1, -0.05) is 43.7 Å². The molecule has 0 fully saturated rings. The van der Waals surface area contributed by atoms with Gasteiger partial charge in [0.25, 0.3) is 0 Å². The first-order chi connectivity index (χ1) is 11.1. The molecule has 0 radical (unpaired) electrons. The van der Waals surface area contributed by atoms with Gasteiger partial charge in [-0.15, -0.1) is 0 Å². The molecule has 122 valence electrons. The fraction of sp³-hybridized carbons (Fsp3) is 0.278. The highest BCUT2D eigenvalue weighted by Crippen LogP contribution is 2.14. The van der Waals surface area contributed by atoms with E-state index in [4.69, 9.17) is 12.2 Å². The van der Waals surface area contributed by atoms with Crippen LogP contribution in [0, 0.1) is 17.6 Å². The van der Waals surface area contributed by atoms with Crippen molar-refractivity contribution in [2.45, 2.75) is 19.8 Å². The lowest BCUT2D eigenvalue weighted by atomic mass is 9.97. The van der Waals surface area contributed by atoms with Crippen LogP contribution < -0.4 is 10.6 Å². The summed E-state index contributed by atoms with van der Waals surface area (Å²) in [6, 6.07) is 13.9. The van der Waals surface area contributed by atoms with Gasteiger partial charge in [0, 0.05) is 18.3 Å². The van der Waals surface area contributed by atoms with E-state index in [1.54, 1.807) is 0 Å². The van der Waals surface area contributed by atoms with Crippen LogP contribution in [-0.4, -0.2) is 11.7 Å². The Hall–Kier alpha value is -2.01. The lowest BCUT2D eigenvalue weighted by Crippen LogP contribution is -2.33. The van der Waals surface area contributed by atoms with E-state index < -0.39 is 11.6 Å². The van der Waals surface area contributed by atoms with E-state index in [0.717, 1.165) is 31.5 Å². The highest BCUT2D eigenvalue weighted by molar-refractivity contribution is 7.80. The molecule has 0 saturated carbocycles. The SMILES string of the molecule is CCC(CNC(=S)Nc1ccc(F)c(F)c1)Cc1ccccc1. The van der Waals surface area contributed by atoms with Gasteiger partial charge in [0.15, 0.2) is 16.7 Å². The van der Waals surface area contributed by atoms with Crippen LogP contribution in [0.15, 0.2) is 48.5 Å². The Balaban J connectivity index is 1.83. The molecule has 2 aromatic carbocycles. The van der Waals surface area contributed by atoms with E-state index in [-0.39, 0.29) is 0 Å². The van der Waals surface area contributed by atoms with Crippen molar-refractivity contribution in [2.24, 2.45) is 5.92 Å². The predicted octanol–water partition coefficient (Wildman–Crippen LogP) is 4.52. The molecule has 1 unspecified atom stereocenters. The average Bonchev–Trinajstić information content (AvgIpc) is 2.56. The molecule has 0 amide bonds. The van der Waals surface area contributed by atoms with Gasteiger partial charge in [-0.2, -0.15) is 0 Å². The molecule has 0 aliphatic rings. The number of hydrogen-bond donors (Lipinski definition) is 2. The fourth-order valence-corrected chi connectivity index (χ4v) is 2.50. The van der Waals surface area contributed by atoms with Gasteiger partial charge < -0.3 is 10.6 Å². The number of rotatable bonds is 6. The highest BCUT2D eigenvalue weighted by atomic mass is 32.1. The molecule has 0 heterocycles. The summed E-state index contributed by atoms with van der Waals surface area (Å²) in [5, 5.41) is 6.41. The van der Waals surface area contributed by atoms with Gasteiger partial charge in [0.05, 0.1) is 0 Å². The summed E-state index contributed by atoms with van der Waals surface area (Å²) < 4.78 is 26.1. The Morgan fingerprint density at radius 3 is 2.48 bits per heavy atom. The van der Waals surface area contributed by atoms with E-state index >= 15 is 0 Å². The molecule has 0 spiro atoms. The minimum absolute atomic E-state index is 0.405. The lowest BCUT2D eigenvalue weighted by Gasteiger charge is -2.18. The Morgan fingerprint density at radius 2 is 1.83 bits per heavy atom. The van der Waals surface area contributed by atoms with Crippen LogP contribution in [0.1, 0.15) is 18.9 Å². The third-order valence-corrected chi connectivity index (χ3v) is 3.92. The molecule has 2 rings (SSSR count). The maximum atomic E-state index is 13.2. The van der Waals surface area contributed by atoms with Crippen LogP contribution in [0.25, 0.3) is 0 Å². The van der Waals surface area contributed by atoms with Crippen LogP contribution in [0.4, 0.5) is 14.5 Å². The first kappa shape index (κ1) is 17.3. The number of halogens is 2. The molecule has 0 bridgehead atoms. The molecule has 0 aliphatic carbocycles. The number of thiocarbonyl (C=S) groups is 1. The smallest absolute Gasteiger partial charge is 0.170 e. The number of nitrogens with one attached hydrogen (secondary N) is 2. The first-order valence-corrected chi connectivity index (χ1v) is 8.03. The number of benzene rings is 2. The molecule has 0 saturated heterocycles. The molecule has 2 aromatic rings. The summed E-state index contributed by atoms with van der Waals surface area (Å²) in [5.74, 6) is -1.32. The van der Waals surface area contributed by atoms with Crippen LogP contribution in [-0.2, 0) is 6.42 Å². The summed E-state index contributed by atoms with van der Waals surface area (Å²) in [5.41, 5.74) is 1.72. The summed E-state index contributed by atoms with van der Waals surface area (Å²) in [6.07, 6.45) is 1.99. The minimum atomic E-state index is -0.895. The zero-order valence-electron chi connectivity index (χ0n) is 13.0. The van der Waals surface area contributed by atoms with Crippen LogP contribution in [0.2, 0.25) is 0 Å². The van der Waals surface area contributed by atoms with Gasteiger partial charge in [-0.25, -0.2) is 8.78 Å². The molecule has 2 N–H and O–H groups in total. The topological polar surface area (TPSA) is 24.1 Å². The van der Waals surface area contributed by atoms with E-state index in [1.165, 1.54) is 11.6 Å². The van der Waals surface area contributed by atoms with Crippen molar-refractivity contribution in [3.8, 4) is 0 Å². The molecule has 0 aromatic heterocycles. The van der Waals surface area contributed by atoms with Crippen molar-refractivity contribution in [3.05, 3.63) is 65.7 Å². The summed E-state index contributed by atoms with van der Waals surface area (Å²) in [4.78, 5) is 0. The second-order valence-corrected chi connectivity index (χ2v) is 5.84. The average molecular weight is 334 g/mol. The van der Waals surface area contributed by atoms with Crippen molar-refractivity contribution in [3.63, 3.8) is 0 Å².